The molecule has 1 N–H and O–H groups in total. The van der Waals surface area contributed by atoms with Gasteiger partial charge in [0.1, 0.15) is 5.82 Å². The van der Waals surface area contributed by atoms with Crippen molar-refractivity contribution in [2.45, 2.75) is 31.9 Å². The smallest absolute Gasteiger partial charge is 0.166 e. The number of aryl methyl sites for hydroxylation is 1. The summed E-state index contributed by atoms with van der Waals surface area (Å²) in [5, 5.41) is 7.49. The average Bonchev–Trinajstić information content (AvgIpc) is 2.57. The first-order chi connectivity index (χ1) is 13.0. The van der Waals surface area contributed by atoms with Crippen LogP contribution in [0.25, 0.3) is 11.1 Å². The van der Waals surface area contributed by atoms with Crippen molar-refractivity contribution >= 4 is 21.6 Å². The minimum Gasteiger partial charge on any atom is -0.343 e. The van der Waals surface area contributed by atoms with E-state index >= 15 is 4.39 Å². The SMILES string of the molecule is CC(C)(C)S(C)(C)CCc1cccc(-c2cnc(N3CC(=N)C3)c(F)c2)c1F. The minimum atomic E-state index is -0.875. The van der Waals surface area contributed by atoms with Crippen LogP contribution in [0.3, 0.4) is 0 Å². The number of benzene rings is 1. The molecule has 0 saturated carbocycles. The lowest BCUT2D eigenvalue weighted by Crippen LogP contribution is -2.47. The summed E-state index contributed by atoms with van der Waals surface area (Å²) in [6, 6.07) is 6.67. The average molecular weight is 406 g/mol. The van der Waals surface area contributed by atoms with Gasteiger partial charge in [0.15, 0.2) is 11.6 Å². The highest BCUT2D eigenvalue weighted by Crippen LogP contribution is 2.53. The zero-order chi connectivity index (χ0) is 20.7. The van der Waals surface area contributed by atoms with Crippen molar-refractivity contribution in [3.05, 3.63) is 47.7 Å². The van der Waals surface area contributed by atoms with Crippen LogP contribution in [0.2, 0.25) is 0 Å². The molecule has 0 bridgehead atoms. The van der Waals surface area contributed by atoms with Gasteiger partial charge in [-0.2, -0.15) is 0 Å². The lowest BCUT2D eigenvalue weighted by atomic mass is 10.0. The summed E-state index contributed by atoms with van der Waals surface area (Å²) in [5.74, 6) is 0.412. The number of pyridine rings is 1. The summed E-state index contributed by atoms with van der Waals surface area (Å²) < 4.78 is 29.9. The van der Waals surface area contributed by atoms with Gasteiger partial charge in [-0.1, -0.05) is 39.0 Å². The highest BCUT2D eigenvalue weighted by molar-refractivity contribution is 8.33. The second-order valence-corrected chi connectivity index (χ2v) is 13.6. The van der Waals surface area contributed by atoms with Crippen LogP contribution >= 0.6 is 10.0 Å². The molecule has 1 aliphatic rings. The Labute approximate surface area is 168 Å². The normalized spacial score (nSPS) is 15.5. The second-order valence-electron chi connectivity index (χ2n) is 8.87. The molecule has 6 heteroatoms. The van der Waals surface area contributed by atoms with Gasteiger partial charge in [-0.15, -0.1) is 0 Å². The molecule has 28 heavy (non-hydrogen) atoms. The van der Waals surface area contributed by atoms with E-state index in [-0.39, 0.29) is 16.4 Å². The third kappa shape index (κ3) is 4.07. The predicted octanol–water partition coefficient (Wildman–Crippen LogP) is 5.27. The van der Waals surface area contributed by atoms with Crippen molar-refractivity contribution in [2.24, 2.45) is 0 Å². The molecule has 152 valence electrons. The summed E-state index contributed by atoms with van der Waals surface area (Å²) in [5.41, 5.74) is 2.06. The highest BCUT2D eigenvalue weighted by Gasteiger charge is 2.28. The van der Waals surface area contributed by atoms with Crippen LogP contribution in [0.5, 0.6) is 0 Å². The van der Waals surface area contributed by atoms with Gasteiger partial charge in [-0.05, 0) is 41.1 Å². The van der Waals surface area contributed by atoms with Gasteiger partial charge >= 0.3 is 0 Å². The van der Waals surface area contributed by atoms with Gasteiger partial charge in [0.05, 0.1) is 13.1 Å². The van der Waals surface area contributed by atoms with Gasteiger partial charge in [0, 0.05) is 23.0 Å². The molecule has 0 unspecified atom stereocenters. The number of nitrogens with zero attached hydrogens (tertiary/aromatic N) is 2. The molecule has 0 aliphatic carbocycles. The van der Waals surface area contributed by atoms with E-state index in [1.165, 1.54) is 12.3 Å². The van der Waals surface area contributed by atoms with Gasteiger partial charge in [-0.25, -0.2) is 23.8 Å². The summed E-state index contributed by atoms with van der Waals surface area (Å²) >= 11 is 0. The molecular formula is C22H29F2N3S. The van der Waals surface area contributed by atoms with Crippen LogP contribution in [0.4, 0.5) is 14.6 Å². The molecular weight excluding hydrogens is 376 g/mol. The van der Waals surface area contributed by atoms with Gasteiger partial charge in [0.25, 0.3) is 0 Å². The van der Waals surface area contributed by atoms with Crippen LogP contribution in [0, 0.1) is 17.0 Å². The van der Waals surface area contributed by atoms with Crippen LogP contribution in [-0.2, 0) is 6.42 Å². The molecule has 0 amide bonds. The Kier molecular flexibility index (Phi) is 5.54. The Balaban J connectivity index is 1.83. The Morgan fingerprint density at radius 2 is 1.86 bits per heavy atom. The first-order valence-corrected chi connectivity index (χ1v) is 12.1. The number of rotatable bonds is 5. The molecule has 1 fully saturated rings. The topological polar surface area (TPSA) is 40.0 Å². The van der Waals surface area contributed by atoms with E-state index in [9.17, 15) is 4.39 Å². The van der Waals surface area contributed by atoms with Crippen molar-refractivity contribution in [1.82, 2.24) is 4.98 Å². The van der Waals surface area contributed by atoms with E-state index in [0.717, 1.165) is 5.75 Å². The number of nitrogens with one attached hydrogen (secondary N) is 1. The van der Waals surface area contributed by atoms with E-state index < -0.39 is 15.8 Å². The summed E-state index contributed by atoms with van der Waals surface area (Å²) in [7, 11) is -0.875. The van der Waals surface area contributed by atoms with E-state index in [1.807, 2.05) is 12.1 Å². The Hall–Kier alpha value is -1.95. The first-order valence-electron chi connectivity index (χ1n) is 9.45. The van der Waals surface area contributed by atoms with Crippen LogP contribution in [0.15, 0.2) is 30.5 Å². The van der Waals surface area contributed by atoms with Gasteiger partial charge < -0.3 is 10.3 Å². The van der Waals surface area contributed by atoms with E-state index in [4.69, 9.17) is 5.41 Å². The molecule has 2 aromatic rings. The highest BCUT2D eigenvalue weighted by atomic mass is 32.3. The maximum Gasteiger partial charge on any atom is 0.166 e. The van der Waals surface area contributed by atoms with E-state index in [2.05, 4.69) is 38.3 Å². The Morgan fingerprint density at radius 1 is 1.18 bits per heavy atom. The molecule has 1 aliphatic heterocycles. The van der Waals surface area contributed by atoms with E-state index in [0.29, 0.717) is 41.9 Å². The molecule has 2 heterocycles. The number of hydrogen-bond acceptors (Lipinski definition) is 3. The lowest BCUT2D eigenvalue weighted by molar-refractivity contribution is 0.609. The fraction of sp³-hybridized carbons (Fsp3) is 0.455. The monoisotopic (exact) mass is 405 g/mol. The standard InChI is InChI=1S/C22H29F2N3S/c1-22(2,3)28(4,5)10-9-15-7-6-8-18(20(15)24)16-11-19(23)21(26-12-16)27-13-17(25)14-27/h6-8,11-12,25H,9-10,13-14H2,1-5H3. The number of hydrogen-bond donors (Lipinski definition) is 1. The third-order valence-corrected chi connectivity index (χ3v) is 10.4. The van der Waals surface area contributed by atoms with Crippen molar-refractivity contribution in [3.63, 3.8) is 0 Å². The Morgan fingerprint density at radius 3 is 2.43 bits per heavy atom. The zero-order valence-corrected chi connectivity index (χ0v) is 18.1. The molecule has 1 aromatic carbocycles. The molecule has 3 rings (SSSR count). The maximum absolute atomic E-state index is 15.2. The minimum absolute atomic E-state index is 0.206. The fourth-order valence-electron chi connectivity index (χ4n) is 3.04. The molecule has 3 nitrogen and oxygen atoms in total. The first kappa shape index (κ1) is 20.8. The lowest BCUT2D eigenvalue weighted by Gasteiger charge is -2.44. The number of halogens is 2. The summed E-state index contributed by atoms with van der Waals surface area (Å²) in [4.78, 5) is 5.89. The quantitative estimate of drug-likeness (QED) is 0.736. The zero-order valence-electron chi connectivity index (χ0n) is 17.3. The van der Waals surface area contributed by atoms with Gasteiger partial charge in [-0.3, -0.25) is 0 Å². The third-order valence-electron chi connectivity index (χ3n) is 5.81. The van der Waals surface area contributed by atoms with Crippen LogP contribution < -0.4 is 4.90 Å². The molecule has 1 saturated heterocycles. The number of anilines is 1. The predicted molar refractivity (Wildman–Crippen MR) is 117 cm³/mol. The molecule has 0 radical (unpaired) electrons. The largest absolute Gasteiger partial charge is 0.343 e. The maximum atomic E-state index is 15.2. The van der Waals surface area contributed by atoms with Crippen LogP contribution in [0.1, 0.15) is 26.3 Å². The van der Waals surface area contributed by atoms with Crippen molar-refractivity contribution in [2.75, 3.05) is 36.3 Å². The van der Waals surface area contributed by atoms with E-state index in [1.54, 1.807) is 11.0 Å². The Bertz CT molecular complexity index is 895. The summed E-state index contributed by atoms with van der Waals surface area (Å²) in [6.07, 6.45) is 6.78. The van der Waals surface area contributed by atoms with Crippen molar-refractivity contribution < 1.29 is 8.78 Å². The number of aromatic nitrogens is 1. The second kappa shape index (κ2) is 7.47. The van der Waals surface area contributed by atoms with Crippen molar-refractivity contribution in [1.29, 1.82) is 5.41 Å². The molecule has 0 spiro atoms. The van der Waals surface area contributed by atoms with Gasteiger partial charge in [0.2, 0.25) is 0 Å². The van der Waals surface area contributed by atoms with Crippen molar-refractivity contribution in [3.8, 4) is 11.1 Å². The molecule has 1 aromatic heterocycles. The molecule has 0 atom stereocenters. The van der Waals surface area contributed by atoms with Crippen LogP contribution in [-0.4, -0.2) is 46.8 Å². The fourth-order valence-corrected chi connectivity index (χ4v) is 4.38. The summed E-state index contributed by atoms with van der Waals surface area (Å²) in [6.45, 7) is 7.53.